The summed E-state index contributed by atoms with van der Waals surface area (Å²) in [6.07, 6.45) is 3.80. The third-order valence-electron chi connectivity index (χ3n) is 8.68. The van der Waals surface area contributed by atoms with Crippen molar-refractivity contribution in [3.8, 4) is 47.2 Å². The Bertz CT molecular complexity index is 2320. The molecule has 22 nitrogen and oxygen atoms in total. The monoisotopic (exact) mass is 1000 g/mol. The van der Waals surface area contributed by atoms with Crippen LogP contribution in [0.1, 0.15) is 56.1 Å². The fraction of sp³-hybridized carbons (Fsp3) is 0.520. The Hall–Kier alpha value is -6.64. The van der Waals surface area contributed by atoms with E-state index in [9.17, 15) is 9.59 Å². The van der Waals surface area contributed by atoms with Crippen LogP contribution in [0.2, 0.25) is 0 Å². The molecule has 22 heteroatoms. The highest BCUT2D eigenvalue weighted by Crippen LogP contribution is 2.11. The molecule has 4 aromatic rings. The van der Waals surface area contributed by atoms with E-state index in [0.29, 0.717) is 137 Å². The third-order valence-corrected chi connectivity index (χ3v) is 8.68. The maximum Gasteiger partial charge on any atom is 0.308 e. The number of rotatable bonds is 36. The molecular weight excluding hydrogens is 937 g/mol. The van der Waals surface area contributed by atoms with Crippen molar-refractivity contribution < 1.29 is 66.8 Å². The average molecular weight is 1000 g/mol. The van der Waals surface area contributed by atoms with Crippen molar-refractivity contribution in [2.45, 2.75) is 52.4 Å². The minimum atomic E-state index is -0.878. The molecule has 0 spiro atoms. The predicted octanol–water partition coefficient (Wildman–Crippen LogP) is 3.66. The Morgan fingerprint density at radius 1 is 0.500 bits per heavy atom. The van der Waals surface area contributed by atoms with Crippen molar-refractivity contribution >= 4 is 11.9 Å². The molecule has 0 aliphatic carbocycles. The number of nitriles is 2. The molecule has 72 heavy (non-hydrogen) atoms. The number of carbonyl (C=O) groups excluding carboxylic acids is 1. The fourth-order valence-corrected chi connectivity index (χ4v) is 5.40. The van der Waals surface area contributed by atoms with Crippen LogP contribution in [0.15, 0.2) is 60.9 Å². The van der Waals surface area contributed by atoms with Gasteiger partial charge >= 0.3 is 11.9 Å². The lowest BCUT2D eigenvalue weighted by Gasteiger charge is -2.19. The van der Waals surface area contributed by atoms with Crippen molar-refractivity contribution in [2.75, 3.05) is 119 Å². The highest BCUT2D eigenvalue weighted by atomic mass is 16.6. The van der Waals surface area contributed by atoms with Gasteiger partial charge in [-0.3, -0.25) is 9.59 Å². The number of esters is 1. The molecule has 0 fully saturated rings. The smallest absolute Gasteiger partial charge is 0.308 e. The molecule has 0 unspecified atom stereocenters. The Morgan fingerprint density at radius 2 is 0.819 bits per heavy atom. The number of carboxylic acids is 1. The van der Waals surface area contributed by atoms with E-state index in [1.54, 1.807) is 33.9 Å². The third kappa shape index (κ3) is 30.2. The maximum absolute atomic E-state index is 11.5. The number of aromatic nitrogens is 6. The molecule has 2 heterocycles. The second-order valence-corrected chi connectivity index (χ2v) is 15.6. The molecule has 0 radical (unpaired) electrons. The van der Waals surface area contributed by atoms with Crippen LogP contribution in [0.25, 0.3) is 11.4 Å². The van der Waals surface area contributed by atoms with Crippen LogP contribution in [0.5, 0.6) is 0 Å². The van der Waals surface area contributed by atoms with E-state index in [1.165, 1.54) is 0 Å². The van der Waals surface area contributed by atoms with Gasteiger partial charge in [0.05, 0.1) is 169 Å². The van der Waals surface area contributed by atoms with Gasteiger partial charge < -0.3 is 57.2 Å². The van der Waals surface area contributed by atoms with Crippen LogP contribution in [0, 0.1) is 46.3 Å². The summed E-state index contributed by atoms with van der Waals surface area (Å²) in [5, 5.41) is 41.8. The van der Waals surface area contributed by atoms with E-state index in [1.807, 2.05) is 69.3 Å². The van der Waals surface area contributed by atoms with Gasteiger partial charge in [-0.05, 0) is 69.3 Å². The standard InChI is InChI=1S/C27H36N4O7.C23H28N4O7/c1-27(2,3)38-26(32)10-12-33-13-14-34-15-16-35-17-18-36-19-20-37-22-24-21-31(30-29-24)25-8-6-23(7-9-25)5-4-11-28;24-8-1-2-20-3-5-22(6-4-20)27-18-21(25-26-27)19-34-17-16-33-15-14-32-13-12-31-11-10-30-9-7-23(28)29/h6-9,21H,10,12-20,22H2,1-3H3;3-6,18H,7,9-17,19H2,(H,28,29). The zero-order valence-electron chi connectivity index (χ0n) is 41.2. The average Bonchev–Trinajstić information content (AvgIpc) is 4.05. The molecule has 0 bridgehead atoms. The first-order valence-corrected chi connectivity index (χ1v) is 23.1. The maximum atomic E-state index is 11.5. The van der Waals surface area contributed by atoms with E-state index >= 15 is 0 Å². The van der Waals surface area contributed by atoms with Crippen molar-refractivity contribution in [3.63, 3.8) is 0 Å². The summed E-state index contributed by atoms with van der Waals surface area (Å²) < 4.78 is 62.6. The molecule has 0 aliphatic heterocycles. The lowest BCUT2D eigenvalue weighted by molar-refractivity contribution is -0.156. The van der Waals surface area contributed by atoms with Gasteiger partial charge in [0.25, 0.3) is 0 Å². The van der Waals surface area contributed by atoms with Crippen LogP contribution in [-0.2, 0) is 74.9 Å². The molecule has 1 N–H and O–H groups in total. The molecule has 388 valence electrons. The number of carbonyl (C=O) groups is 2. The summed E-state index contributed by atoms with van der Waals surface area (Å²) in [7, 11) is 0. The molecule has 0 atom stereocenters. The summed E-state index contributed by atoms with van der Waals surface area (Å²) in [6, 6.07) is 18.3. The van der Waals surface area contributed by atoms with Crippen LogP contribution < -0.4 is 0 Å². The van der Waals surface area contributed by atoms with Gasteiger partial charge in [0.1, 0.15) is 17.0 Å². The van der Waals surface area contributed by atoms with Crippen molar-refractivity contribution in [1.29, 1.82) is 10.5 Å². The predicted molar refractivity (Wildman–Crippen MR) is 256 cm³/mol. The van der Waals surface area contributed by atoms with Crippen molar-refractivity contribution in [2.24, 2.45) is 0 Å². The molecule has 2 aromatic carbocycles. The van der Waals surface area contributed by atoms with Crippen LogP contribution in [-0.4, -0.2) is 172 Å². The Morgan fingerprint density at radius 3 is 1.14 bits per heavy atom. The second-order valence-electron chi connectivity index (χ2n) is 15.6. The second kappa shape index (κ2) is 38.1. The number of nitrogens with zero attached hydrogens (tertiary/aromatic N) is 8. The minimum Gasteiger partial charge on any atom is -0.481 e. The van der Waals surface area contributed by atoms with Gasteiger partial charge in [-0.1, -0.05) is 22.3 Å². The zero-order chi connectivity index (χ0) is 51.8. The van der Waals surface area contributed by atoms with Gasteiger partial charge in [-0.2, -0.15) is 10.5 Å². The zero-order valence-corrected chi connectivity index (χ0v) is 41.2. The first-order valence-electron chi connectivity index (χ1n) is 23.1. The number of ether oxygens (including phenoxy) is 11. The normalized spacial score (nSPS) is 10.7. The molecule has 0 amide bonds. The summed E-state index contributed by atoms with van der Waals surface area (Å²) in [5.41, 5.74) is 4.11. The van der Waals surface area contributed by atoms with Crippen molar-refractivity contribution in [1.82, 2.24) is 30.0 Å². The van der Waals surface area contributed by atoms with Gasteiger partial charge in [0, 0.05) is 23.0 Å². The van der Waals surface area contributed by atoms with E-state index in [2.05, 4.69) is 44.3 Å². The first kappa shape index (κ1) is 59.7. The number of carboxylic acid groups (broad SMARTS) is 1. The molecule has 2 aromatic heterocycles. The summed E-state index contributed by atoms with van der Waals surface area (Å²) >= 11 is 0. The summed E-state index contributed by atoms with van der Waals surface area (Å²) in [4.78, 5) is 21.9. The Kier molecular flexibility index (Phi) is 31.6. The summed E-state index contributed by atoms with van der Waals surface area (Å²) in [5.74, 6) is 9.05. The lowest BCUT2D eigenvalue weighted by Crippen LogP contribution is -2.24. The van der Waals surface area contributed by atoms with Crippen LogP contribution >= 0.6 is 0 Å². The highest BCUT2D eigenvalue weighted by Gasteiger charge is 2.15. The van der Waals surface area contributed by atoms with E-state index in [4.69, 9.17) is 67.7 Å². The van der Waals surface area contributed by atoms with Gasteiger partial charge in [-0.15, -0.1) is 10.2 Å². The van der Waals surface area contributed by atoms with Crippen LogP contribution in [0.4, 0.5) is 0 Å². The van der Waals surface area contributed by atoms with E-state index in [-0.39, 0.29) is 25.4 Å². The van der Waals surface area contributed by atoms with Gasteiger partial charge in [-0.25, -0.2) is 9.36 Å². The fourth-order valence-electron chi connectivity index (χ4n) is 5.40. The SMILES string of the molecule is CC(C)(C)OC(=O)CCOCCOCCOCCOCCOCc1cn(-c2ccc(C#CC#N)cc2)nn1.N#CC#Cc1ccc(-n2cc(COCCOCCOCCOCCOCCC(=O)O)nn2)cc1. The molecule has 0 saturated heterocycles. The van der Waals surface area contributed by atoms with Crippen LogP contribution in [0.3, 0.4) is 0 Å². The van der Waals surface area contributed by atoms with Gasteiger partial charge in [0.15, 0.2) is 12.1 Å². The highest BCUT2D eigenvalue weighted by molar-refractivity contribution is 5.69. The summed E-state index contributed by atoms with van der Waals surface area (Å²) in [6.45, 7) is 13.6. The molecule has 4 rings (SSSR count). The Labute approximate surface area is 420 Å². The largest absolute Gasteiger partial charge is 0.481 e. The lowest BCUT2D eigenvalue weighted by atomic mass is 10.2. The molecular formula is C50H64N8O14. The van der Waals surface area contributed by atoms with E-state index < -0.39 is 11.6 Å². The van der Waals surface area contributed by atoms with E-state index in [0.717, 1.165) is 22.5 Å². The first-order chi connectivity index (χ1) is 35.1. The number of aliphatic carboxylic acids is 1. The van der Waals surface area contributed by atoms with Gasteiger partial charge in [0.2, 0.25) is 0 Å². The number of hydrogen-bond donors (Lipinski definition) is 1. The van der Waals surface area contributed by atoms with Crippen molar-refractivity contribution in [3.05, 3.63) is 83.4 Å². The molecule has 0 aliphatic rings. The topological polar surface area (TPSA) is 265 Å². The number of benzene rings is 2. The molecule has 0 saturated carbocycles. The Balaban J connectivity index is 0.000000383. The quantitative estimate of drug-likeness (QED) is 0.0387. The minimum absolute atomic E-state index is 0.00637. The number of hydrogen-bond acceptors (Lipinski definition) is 19.